The third kappa shape index (κ3) is 5.53. The molecule has 1 aliphatic carbocycles. The lowest BCUT2D eigenvalue weighted by Gasteiger charge is -2.38. The van der Waals surface area contributed by atoms with E-state index >= 15 is 0 Å². The van der Waals surface area contributed by atoms with Crippen molar-refractivity contribution < 1.29 is 31.4 Å². The van der Waals surface area contributed by atoms with E-state index in [-0.39, 0.29) is 28.4 Å². The second-order valence-corrected chi connectivity index (χ2v) is 15.2. The van der Waals surface area contributed by atoms with Gasteiger partial charge in [-0.1, -0.05) is 24.3 Å². The number of aromatic nitrogens is 1. The molecule has 3 N–H and O–H groups in total. The van der Waals surface area contributed by atoms with Crippen LogP contribution < -0.4 is 10.1 Å². The predicted molar refractivity (Wildman–Crippen MR) is 150 cm³/mol. The van der Waals surface area contributed by atoms with Gasteiger partial charge < -0.3 is 24.9 Å². The number of sulfonamides is 1. The Morgan fingerprint density at radius 2 is 1.88 bits per heavy atom. The van der Waals surface area contributed by atoms with Crippen molar-refractivity contribution in [1.29, 1.82) is 0 Å². The Labute approximate surface area is 234 Å². The molecular formula is C28H35N3O7S2. The van der Waals surface area contributed by atoms with E-state index in [1.807, 2.05) is 24.3 Å². The first-order valence-corrected chi connectivity index (χ1v) is 16.7. The van der Waals surface area contributed by atoms with E-state index in [1.54, 1.807) is 28.7 Å². The van der Waals surface area contributed by atoms with Crippen LogP contribution in [0, 0.1) is 0 Å². The monoisotopic (exact) mass is 589 g/mol. The van der Waals surface area contributed by atoms with Gasteiger partial charge in [-0.05, 0) is 56.4 Å². The number of rotatable bonds is 10. The van der Waals surface area contributed by atoms with Gasteiger partial charge in [0.05, 0.1) is 22.4 Å². The zero-order valence-electron chi connectivity index (χ0n) is 22.2. The molecule has 3 fully saturated rings. The maximum Gasteiger partial charge on any atom is 0.245 e. The number of nitrogens with zero attached hydrogens (tertiary/aromatic N) is 1. The number of hydrogen-bond donors (Lipinski definition) is 3. The molecule has 0 radical (unpaired) electrons. The SMILES string of the molecule is O=S(=O)(c1cccc(OC[C@@H](O)CN[C@H]2COC3(CCN(S(=O)(=O)c4c[nH]c5ccccc45)CC3)C2)c1)C1CC1. The van der Waals surface area contributed by atoms with Crippen molar-refractivity contribution in [1.82, 2.24) is 14.6 Å². The maximum absolute atomic E-state index is 13.4. The number of aliphatic hydroxyl groups excluding tert-OH is 1. The Bertz CT molecular complexity index is 1580. The number of ether oxygens (including phenoxy) is 2. The van der Waals surface area contributed by atoms with Crippen molar-refractivity contribution in [2.45, 2.75) is 64.9 Å². The van der Waals surface area contributed by atoms with Gasteiger partial charge in [0, 0.05) is 42.8 Å². The number of sulfone groups is 1. The summed E-state index contributed by atoms with van der Waals surface area (Å²) in [5.41, 5.74) is 0.420. The van der Waals surface area contributed by atoms with Crippen molar-refractivity contribution in [2.24, 2.45) is 0 Å². The molecule has 1 saturated carbocycles. The summed E-state index contributed by atoms with van der Waals surface area (Å²) in [4.78, 5) is 3.61. The molecule has 2 aliphatic heterocycles. The lowest BCUT2D eigenvalue weighted by molar-refractivity contribution is -0.0312. The summed E-state index contributed by atoms with van der Waals surface area (Å²) in [6.07, 6.45) is 4.14. The third-order valence-corrected chi connectivity index (χ3v) is 12.4. The molecule has 2 atom stereocenters. The zero-order valence-corrected chi connectivity index (χ0v) is 23.8. The van der Waals surface area contributed by atoms with Crippen molar-refractivity contribution >= 4 is 30.8 Å². The molecule has 0 bridgehead atoms. The summed E-state index contributed by atoms with van der Waals surface area (Å²) in [5.74, 6) is 0.415. The molecule has 3 aromatic rings. The third-order valence-electron chi connectivity index (χ3n) is 8.19. The van der Waals surface area contributed by atoms with Gasteiger partial charge in [-0.3, -0.25) is 0 Å². The number of fused-ring (bicyclic) bond motifs is 1. The van der Waals surface area contributed by atoms with Gasteiger partial charge >= 0.3 is 0 Å². The van der Waals surface area contributed by atoms with Crippen LogP contribution in [0.4, 0.5) is 0 Å². The van der Waals surface area contributed by atoms with E-state index in [0.717, 1.165) is 11.9 Å². The molecule has 0 amide bonds. The number of piperidine rings is 1. The maximum atomic E-state index is 13.4. The zero-order chi connectivity index (χ0) is 28.0. The minimum Gasteiger partial charge on any atom is -0.491 e. The van der Waals surface area contributed by atoms with E-state index in [9.17, 15) is 21.9 Å². The summed E-state index contributed by atoms with van der Waals surface area (Å²) in [7, 11) is -6.92. The van der Waals surface area contributed by atoms with Crippen LogP contribution in [0.25, 0.3) is 10.9 Å². The number of aliphatic hydroxyl groups is 1. The summed E-state index contributed by atoms with van der Waals surface area (Å²) in [5, 5.41) is 14.2. The molecule has 216 valence electrons. The molecule has 3 heterocycles. The van der Waals surface area contributed by atoms with Crippen LogP contribution in [0.3, 0.4) is 0 Å². The fourth-order valence-corrected chi connectivity index (χ4v) is 9.02. The standard InChI is InChI=1S/C28H35N3O7S2/c32-21(19-37-22-4-3-5-24(14-22)39(33,34)23-8-9-23)16-29-20-15-28(38-18-20)10-12-31(13-11-28)40(35,36)27-17-30-26-7-2-1-6-25(26)27/h1-7,14,17,20-21,23,29-30,32H,8-13,15-16,18-19H2/t20-,21+/m1/s1. The van der Waals surface area contributed by atoms with Crippen LogP contribution in [0.2, 0.25) is 0 Å². The summed E-state index contributed by atoms with van der Waals surface area (Å²) in [6, 6.07) is 13.9. The van der Waals surface area contributed by atoms with Gasteiger partial charge in [0.15, 0.2) is 9.84 Å². The average Bonchev–Trinajstić information content (AvgIpc) is 3.62. The van der Waals surface area contributed by atoms with Crippen LogP contribution in [0.15, 0.2) is 64.5 Å². The van der Waals surface area contributed by atoms with Crippen molar-refractivity contribution in [3.63, 3.8) is 0 Å². The lowest BCUT2D eigenvalue weighted by atomic mass is 9.88. The highest BCUT2D eigenvalue weighted by molar-refractivity contribution is 7.92. The highest BCUT2D eigenvalue weighted by atomic mass is 32.2. The number of para-hydroxylation sites is 1. The average molecular weight is 590 g/mol. The second kappa shape index (κ2) is 10.7. The van der Waals surface area contributed by atoms with Crippen molar-refractivity contribution in [2.75, 3.05) is 32.8 Å². The highest BCUT2D eigenvalue weighted by Gasteiger charge is 2.45. The van der Waals surface area contributed by atoms with E-state index in [2.05, 4.69) is 10.3 Å². The minimum atomic E-state index is -3.62. The fourth-order valence-electron chi connectivity index (χ4n) is 5.72. The first-order chi connectivity index (χ1) is 19.2. The van der Waals surface area contributed by atoms with Gasteiger partial charge in [-0.2, -0.15) is 4.31 Å². The lowest BCUT2D eigenvalue weighted by Crippen LogP contribution is -2.47. The Kier molecular flexibility index (Phi) is 7.43. The molecule has 6 rings (SSSR count). The first kappa shape index (κ1) is 27.7. The molecule has 3 aliphatic rings. The summed E-state index contributed by atoms with van der Waals surface area (Å²) >= 11 is 0. The van der Waals surface area contributed by atoms with Crippen LogP contribution in [-0.2, 0) is 24.6 Å². The Hall–Kier alpha value is -2.48. The number of nitrogens with one attached hydrogen (secondary N) is 2. The quantitative estimate of drug-likeness (QED) is 0.328. The molecule has 40 heavy (non-hydrogen) atoms. The normalized spacial score (nSPS) is 22.6. The minimum absolute atomic E-state index is 0.0271. The molecule has 0 unspecified atom stereocenters. The summed E-state index contributed by atoms with van der Waals surface area (Å²) < 4.78 is 65.1. The van der Waals surface area contributed by atoms with Crippen LogP contribution in [0.5, 0.6) is 5.75 Å². The van der Waals surface area contributed by atoms with Crippen LogP contribution >= 0.6 is 0 Å². The Morgan fingerprint density at radius 1 is 1.10 bits per heavy atom. The molecule has 10 nitrogen and oxygen atoms in total. The van der Waals surface area contributed by atoms with Crippen LogP contribution in [-0.4, -0.2) is 87.1 Å². The van der Waals surface area contributed by atoms with Crippen molar-refractivity contribution in [3.05, 3.63) is 54.7 Å². The van der Waals surface area contributed by atoms with E-state index in [4.69, 9.17) is 9.47 Å². The van der Waals surface area contributed by atoms with E-state index < -0.39 is 26.0 Å². The highest BCUT2D eigenvalue weighted by Crippen LogP contribution is 2.38. The number of H-pyrrole nitrogens is 1. The Balaban J connectivity index is 0.972. The number of aromatic amines is 1. The summed E-state index contributed by atoms with van der Waals surface area (Å²) in [6.45, 7) is 1.59. The molecule has 12 heteroatoms. The Morgan fingerprint density at radius 3 is 2.65 bits per heavy atom. The van der Waals surface area contributed by atoms with E-state index in [1.165, 1.54) is 6.07 Å². The second-order valence-electron chi connectivity index (χ2n) is 11.1. The molecule has 1 spiro atoms. The van der Waals surface area contributed by atoms with E-state index in [0.29, 0.717) is 68.0 Å². The predicted octanol–water partition coefficient (Wildman–Crippen LogP) is 2.45. The van der Waals surface area contributed by atoms with Crippen LogP contribution in [0.1, 0.15) is 32.1 Å². The van der Waals surface area contributed by atoms with Gasteiger partial charge in [0.25, 0.3) is 0 Å². The smallest absolute Gasteiger partial charge is 0.245 e. The largest absolute Gasteiger partial charge is 0.491 e. The topological polar surface area (TPSA) is 138 Å². The molecule has 2 aromatic carbocycles. The van der Waals surface area contributed by atoms with Crippen molar-refractivity contribution in [3.8, 4) is 5.75 Å². The number of hydrogen-bond acceptors (Lipinski definition) is 8. The molecule has 2 saturated heterocycles. The number of benzene rings is 2. The van der Waals surface area contributed by atoms with Gasteiger partial charge in [-0.15, -0.1) is 0 Å². The first-order valence-electron chi connectivity index (χ1n) is 13.7. The fraction of sp³-hybridized carbons (Fsp3) is 0.500. The molecule has 1 aromatic heterocycles. The van der Waals surface area contributed by atoms with Gasteiger partial charge in [0.1, 0.15) is 23.4 Å². The molecular weight excluding hydrogens is 554 g/mol. The van der Waals surface area contributed by atoms with Gasteiger partial charge in [0.2, 0.25) is 10.0 Å². The van der Waals surface area contributed by atoms with Gasteiger partial charge in [-0.25, -0.2) is 16.8 Å².